The van der Waals surface area contributed by atoms with Crippen LogP contribution in [-0.2, 0) is 29.1 Å². The first kappa shape index (κ1) is 28.4. The minimum atomic E-state index is -0.749. The molecule has 3 N–H and O–H groups in total. The van der Waals surface area contributed by atoms with Gasteiger partial charge < -0.3 is 19.7 Å². The van der Waals surface area contributed by atoms with E-state index in [1.54, 1.807) is 34.2 Å². The number of amides is 4. The molecule has 0 bridgehead atoms. The van der Waals surface area contributed by atoms with Crippen molar-refractivity contribution in [1.29, 1.82) is 0 Å². The minimum Gasteiger partial charge on any atom is -0.508 e. The molecular formula is C32H35N6O5+. The molecule has 43 heavy (non-hydrogen) atoms. The van der Waals surface area contributed by atoms with Gasteiger partial charge in [0.1, 0.15) is 30.9 Å². The van der Waals surface area contributed by atoms with Crippen molar-refractivity contribution in [3.05, 3.63) is 95.9 Å². The number of nitrogens with zero attached hydrogens (tertiary/aromatic N) is 4. The number of fused-ring (bicyclic) bond motifs is 2. The van der Waals surface area contributed by atoms with Gasteiger partial charge in [-0.25, -0.2) is 14.6 Å². The number of urea groups is 1. The molecule has 222 valence electrons. The molecule has 6 rings (SSSR count). The fourth-order valence-electron chi connectivity index (χ4n) is 6.09. The van der Waals surface area contributed by atoms with Crippen LogP contribution >= 0.6 is 0 Å². The third-order valence-electron chi connectivity index (χ3n) is 8.14. The maximum absolute atomic E-state index is 14.1. The Morgan fingerprint density at radius 2 is 1.86 bits per heavy atom. The topological polar surface area (TPSA) is 124 Å². The van der Waals surface area contributed by atoms with Crippen molar-refractivity contribution in [2.75, 3.05) is 19.6 Å². The molecule has 3 atom stereocenters. The zero-order valence-corrected chi connectivity index (χ0v) is 24.0. The Hall–Kier alpha value is -4.74. The van der Waals surface area contributed by atoms with Crippen LogP contribution in [0.3, 0.4) is 0 Å². The summed E-state index contributed by atoms with van der Waals surface area (Å²) in [6.45, 7) is 3.40. The van der Waals surface area contributed by atoms with Gasteiger partial charge in [0, 0.05) is 19.5 Å². The molecule has 4 aromatic rings. The molecule has 0 aliphatic carbocycles. The maximum atomic E-state index is 14.1. The van der Waals surface area contributed by atoms with Crippen molar-refractivity contribution < 1.29 is 28.8 Å². The third-order valence-corrected chi connectivity index (χ3v) is 8.14. The normalized spacial score (nSPS) is 20.4. The summed E-state index contributed by atoms with van der Waals surface area (Å²) in [6.07, 6.45) is 1.87. The number of rotatable bonds is 9. The van der Waals surface area contributed by atoms with Gasteiger partial charge in [0.25, 0.3) is 0 Å². The fraction of sp³-hybridized carbons (Fsp3) is 0.312. The second-order valence-electron chi connectivity index (χ2n) is 11.0. The number of carbonyl (C=O) groups is 3. The lowest BCUT2D eigenvalue weighted by Gasteiger charge is -2.43. The molecule has 1 aromatic heterocycles. The largest absolute Gasteiger partial charge is 0.508 e. The van der Waals surface area contributed by atoms with Crippen molar-refractivity contribution >= 4 is 28.9 Å². The first-order valence-electron chi connectivity index (χ1n) is 14.6. The second-order valence-corrected chi connectivity index (χ2v) is 11.0. The Morgan fingerprint density at radius 1 is 1.07 bits per heavy atom. The Morgan fingerprint density at radius 3 is 2.63 bits per heavy atom. The van der Waals surface area contributed by atoms with E-state index in [4.69, 9.17) is 4.42 Å². The van der Waals surface area contributed by atoms with Crippen molar-refractivity contribution in [1.82, 2.24) is 25.2 Å². The first-order chi connectivity index (χ1) is 20.9. The molecule has 3 unspecified atom stereocenters. The van der Waals surface area contributed by atoms with Crippen LogP contribution in [-0.4, -0.2) is 74.7 Å². The number of nitrogens with one attached hydrogen (secondary N) is 2. The molecule has 0 spiro atoms. The summed E-state index contributed by atoms with van der Waals surface area (Å²) in [4.78, 5) is 47.9. The van der Waals surface area contributed by atoms with Gasteiger partial charge in [-0.2, -0.15) is 5.01 Å². The quantitative estimate of drug-likeness (QED) is 0.276. The summed E-state index contributed by atoms with van der Waals surface area (Å²) in [7, 11) is 0. The van der Waals surface area contributed by atoms with Gasteiger partial charge in [0.05, 0.1) is 5.56 Å². The van der Waals surface area contributed by atoms with E-state index in [1.807, 2.05) is 60.5 Å². The highest BCUT2D eigenvalue weighted by atomic mass is 16.3. The molecule has 11 nitrogen and oxygen atoms in total. The number of phenols is 1. The molecule has 2 fully saturated rings. The molecule has 11 heteroatoms. The number of hydrogen-bond donors (Lipinski definition) is 3. The van der Waals surface area contributed by atoms with Gasteiger partial charge in [0.15, 0.2) is 24.2 Å². The smallest absolute Gasteiger partial charge is 0.335 e. The molecule has 2 saturated heterocycles. The van der Waals surface area contributed by atoms with Crippen LogP contribution in [0.5, 0.6) is 5.75 Å². The summed E-state index contributed by atoms with van der Waals surface area (Å²) in [5.41, 5.74) is 3.99. The molecule has 3 aromatic carbocycles. The highest BCUT2D eigenvalue weighted by molar-refractivity contribution is 5.88. The first-order valence-corrected chi connectivity index (χ1v) is 14.6. The minimum absolute atomic E-state index is 0.00620. The Balaban J connectivity index is 1.31. The van der Waals surface area contributed by atoms with Crippen LogP contribution in [0.4, 0.5) is 4.79 Å². The Kier molecular flexibility index (Phi) is 8.08. The monoisotopic (exact) mass is 583 g/mol. The summed E-state index contributed by atoms with van der Waals surface area (Å²) in [6, 6.07) is 21.0. The average molecular weight is 584 g/mol. The van der Waals surface area contributed by atoms with Crippen LogP contribution in [0.1, 0.15) is 30.0 Å². The van der Waals surface area contributed by atoms with Gasteiger partial charge in [-0.05, 0) is 41.8 Å². The van der Waals surface area contributed by atoms with Gasteiger partial charge in [0.2, 0.25) is 5.91 Å². The van der Waals surface area contributed by atoms with Crippen LogP contribution in [0.15, 0.2) is 83.6 Å². The maximum Gasteiger partial charge on any atom is 0.335 e. The number of benzene rings is 3. The number of aromatic nitrogens is 1. The fourth-order valence-corrected chi connectivity index (χ4v) is 6.09. The zero-order chi connectivity index (χ0) is 29.9. The van der Waals surface area contributed by atoms with E-state index in [9.17, 15) is 19.5 Å². The lowest BCUT2D eigenvalue weighted by molar-refractivity contribution is -0.845. The zero-order valence-electron chi connectivity index (χ0n) is 24.0. The van der Waals surface area contributed by atoms with Gasteiger partial charge >= 0.3 is 11.9 Å². The van der Waals surface area contributed by atoms with E-state index >= 15 is 0 Å². The predicted molar refractivity (Wildman–Crippen MR) is 157 cm³/mol. The number of carbonyl (C=O) groups excluding carboxylic acids is 3. The molecular weight excluding hydrogens is 548 g/mol. The van der Waals surface area contributed by atoms with E-state index in [1.165, 1.54) is 6.39 Å². The molecule has 0 radical (unpaired) electrons. The van der Waals surface area contributed by atoms with Gasteiger partial charge in [-0.3, -0.25) is 14.7 Å². The molecule has 3 heterocycles. The van der Waals surface area contributed by atoms with E-state index in [0.29, 0.717) is 55.0 Å². The van der Waals surface area contributed by atoms with E-state index in [0.717, 1.165) is 16.7 Å². The number of oxazole rings is 1. The lowest BCUT2D eigenvalue weighted by Crippen LogP contribution is -3.18. The van der Waals surface area contributed by atoms with E-state index in [-0.39, 0.29) is 30.1 Å². The second kappa shape index (κ2) is 12.2. The molecule has 2 aliphatic rings. The number of aromatic hydroxyl groups is 1. The number of para-hydroxylation sites is 1. The van der Waals surface area contributed by atoms with Crippen molar-refractivity contribution in [3.63, 3.8) is 0 Å². The number of hydrazine groups is 1. The van der Waals surface area contributed by atoms with Crippen LogP contribution in [0.2, 0.25) is 0 Å². The van der Waals surface area contributed by atoms with Crippen LogP contribution in [0.25, 0.3) is 11.1 Å². The Labute approximate surface area is 249 Å². The third kappa shape index (κ3) is 5.81. The van der Waals surface area contributed by atoms with Crippen molar-refractivity contribution in [2.45, 2.75) is 45.1 Å². The van der Waals surface area contributed by atoms with Crippen molar-refractivity contribution in [2.24, 2.45) is 0 Å². The molecule has 2 aliphatic heterocycles. The Bertz CT molecular complexity index is 1610. The van der Waals surface area contributed by atoms with Crippen LogP contribution < -0.4 is 10.2 Å². The standard InChI is InChI=1S/C32H34N6O5/c1-2-15-36(32(42)33-17-23-7-4-3-5-8-23)37-20-29(40)38-27(16-22-11-13-25(39)14-12-22)31(41)35(19-28(37)38)18-24-9-6-10-26-30(24)43-21-34-26/h3-14,21,27-28,39H,2,15-20H2,1H3,(H,33,42)/p+1. The molecule has 4 amide bonds. The number of hydrogen-bond acceptors (Lipinski definition) is 7. The van der Waals surface area contributed by atoms with Crippen LogP contribution in [0, 0.1) is 0 Å². The lowest BCUT2D eigenvalue weighted by atomic mass is 9.99. The van der Waals surface area contributed by atoms with E-state index < -0.39 is 12.2 Å². The summed E-state index contributed by atoms with van der Waals surface area (Å²) in [5.74, 6) is -0.175. The highest BCUT2D eigenvalue weighted by Gasteiger charge is 2.54. The highest BCUT2D eigenvalue weighted by Crippen LogP contribution is 2.26. The SMILES string of the molecule is CCCN(C(=O)NCc1ccccc1)N1CC(=O)N2C(Cc3ccc(O)cc3)C(=O)[NH+](Cc3cccc4ncoc34)CC21. The summed E-state index contributed by atoms with van der Waals surface area (Å²) in [5, 5.41) is 16.2. The number of piperazine rings is 1. The predicted octanol–water partition coefficient (Wildman–Crippen LogP) is 2.08. The molecule has 0 saturated carbocycles. The average Bonchev–Trinajstić information content (AvgIpc) is 3.63. The van der Waals surface area contributed by atoms with Crippen molar-refractivity contribution in [3.8, 4) is 5.75 Å². The van der Waals surface area contributed by atoms with E-state index in [2.05, 4.69) is 10.3 Å². The summed E-state index contributed by atoms with van der Waals surface area (Å²) >= 11 is 0. The van der Waals surface area contributed by atoms with Gasteiger partial charge in [-0.15, -0.1) is 0 Å². The number of quaternary nitrogens is 1. The summed E-state index contributed by atoms with van der Waals surface area (Å²) < 4.78 is 5.65. The van der Waals surface area contributed by atoms with Gasteiger partial charge in [-0.1, -0.05) is 55.5 Å². The number of phenolic OH excluding ortho intramolecular Hbond substituents is 1.